The first-order valence-corrected chi connectivity index (χ1v) is 9.86. The fourth-order valence-electron chi connectivity index (χ4n) is 2.63. The summed E-state index contributed by atoms with van der Waals surface area (Å²) in [5.41, 5.74) is 5.77. The number of hydrazone groups is 1. The second-order valence-electron chi connectivity index (χ2n) is 6.51. The van der Waals surface area contributed by atoms with Gasteiger partial charge in [-0.3, -0.25) is 4.79 Å². The van der Waals surface area contributed by atoms with Crippen molar-refractivity contribution in [3.8, 4) is 11.5 Å². The van der Waals surface area contributed by atoms with Gasteiger partial charge in [-0.25, -0.2) is 5.43 Å². The monoisotopic (exact) mass is 442 g/mol. The average molecular weight is 443 g/mol. The van der Waals surface area contributed by atoms with E-state index in [-0.39, 0.29) is 5.91 Å². The molecule has 0 aliphatic heterocycles. The Balaban J connectivity index is 1.68. The smallest absolute Gasteiger partial charge is 0.271 e. The Morgan fingerprint density at radius 2 is 1.77 bits per heavy atom. The van der Waals surface area contributed by atoms with E-state index in [0.717, 1.165) is 5.56 Å². The molecule has 0 aliphatic rings. The second kappa shape index (κ2) is 10.1. The van der Waals surface area contributed by atoms with Crippen molar-refractivity contribution in [3.05, 3.63) is 93.0 Å². The van der Waals surface area contributed by atoms with Crippen LogP contribution in [0.4, 0.5) is 0 Å². The topological polar surface area (TPSA) is 59.9 Å². The van der Waals surface area contributed by atoms with Crippen LogP contribution in [0, 0.1) is 6.92 Å². The molecule has 0 fully saturated rings. The van der Waals surface area contributed by atoms with E-state index >= 15 is 0 Å². The lowest BCUT2D eigenvalue weighted by molar-refractivity contribution is 0.0955. The third-order valence-corrected chi connectivity index (χ3v) is 4.77. The summed E-state index contributed by atoms with van der Waals surface area (Å²) in [6.07, 6.45) is 1.48. The third-order valence-electron chi connectivity index (χ3n) is 4.24. The summed E-state index contributed by atoms with van der Waals surface area (Å²) in [6.45, 7) is 2.39. The van der Waals surface area contributed by atoms with Gasteiger partial charge in [0.2, 0.25) is 0 Å². The van der Waals surface area contributed by atoms with E-state index in [2.05, 4.69) is 10.5 Å². The molecule has 7 heteroatoms. The number of hydrogen-bond acceptors (Lipinski definition) is 4. The van der Waals surface area contributed by atoms with Crippen LogP contribution in [0.1, 0.15) is 27.0 Å². The second-order valence-corrected chi connectivity index (χ2v) is 7.36. The highest BCUT2D eigenvalue weighted by atomic mass is 35.5. The van der Waals surface area contributed by atoms with Crippen LogP contribution in [0.3, 0.4) is 0 Å². The Morgan fingerprint density at radius 1 is 1.07 bits per heavy atom. The minimum absolute atomic E-state index is 0.348. The van der Waals surface area contributed by atoms with Gasteiger partial charge in [0.1, 0.15) is 6.61 Å². The molecular weight excluding hydrogens is 423 g/mol. The number of ether oxygens (including phenoxy) is 2. The van der Waals surface area contributed by atoms with E-state index in [4.69, 9.17) is 32.7 Å². The zero-order valence-electron chi connectivity index (χ0n) is 16.5. The van der Waals surface area contributed by atoms with Crippen LogP contribution >= 0.6 is 23.2 Å². The van der Waals surface area contributed by atoms with Crippen LogP contribution in [0.2, 0.25) is 10.0 Å². The number of hydrogen-bond donors (Lipinski definition) is 1. The number of aryl methyl sites for hydroxylation is 1. The summed E-state index contributed by atoms with van der Waals surface area (Å²) in [5.74, 6) is 0.571. The maximum Gasteiger partial charge on any atom is 0.271 e. The minimum Gasteiger partial charge on any atom is -0.493 e. The summed E-state index contributed by atoms with van der Waals surface area (Å²) < 4.78 is 11.3. The summed E-state index contributed by atoms with van der Waals surface area (Å²) in [6, 6.07) is 18.0. The van der Waals surface area contributed by atoms with E-state index in [1.807, 2.05) is 31.2 Å². The number of carbonyl (C=O) groups is 1. The van der Waals surface area contributed by atoms with Crippen LogP contribution in [-0.4, -0.2) is 19.2 Å². The van der Waals surface area contributed by atoms with Gasteiger partial charge < -0.3 is 9.47 Å². The Morgan fingerprint density at radius 3 is 2.43 bits per heavy atom. The Kier molecular flexibility index (Phi) is 7.33. The summed E-state index contributed by atoms with van der Waals surface area (Å²) in [7, 11) is 1.54. The standard InChI is InChI=1S/C23H20Cl2N2O3/c1-15-3-5-16(6-4-15)14-30-22-20(25)11-17(12-21(22)29-2)13-26-27-23(28)18-7-9-19(24)10-8-18/h3-13H,14H2,1-2H3,(H,27,28)/b26-13-. The highest BCUT2D eigenvalue weighted by Crippen LogP contribution is 2.36. The molecule has 0 aromatic heterocycles. The molecule has 0 radical (unpaired) electrons. The Hall–Kier alpha value is -3.02. The molecule has 3 aromatic rings. The van der Waals surface area contributed by atoms with Gasteiger partial charge >= 0.3 is 0 Å². The van der Waals surface area contributed by atoms with E-state index in [1.165, 1.54) is 18.9 Å². The first-order chi connectivity index (χ1) is 14.5. The van der Waals surface area contributed by atoms with Crippen molar-refractivity contribution in [3.63, 3.8) is 0 Å². The summed E-state index contributed by atoms with van der Waals surface area (Å²) >= 11 is 12.2. The molecule has 0 atom stereocenters. The molecule has 30 heavy (non-hydrogen) atoms. The van der Waals surface area contributed by atoms with Crippen LogP contribution in [0.25, 0.3) is 0 Å². The first kappa shape index (κ1) is 21.7. The normalized spacial score (nSPS) is 10.8. The minimum atomic E-state index is -0.348. The van der Waals surface area contributed by atoms with E-state index in [9.17, 15) is 4.79 Å². The molecular formula is C23H20Cl2N2O3. The van der Waals surface area contributed by atoms with Crippen LogP contribution in [0.5, 0.6) is 11.5 Å². The van der Waals surface area contributed by atoms with Crippen LogP contribution in [-0.2, 0) is 6.61 Å². The summed E-state index contributed by atoms with van der Waals surface area (Å²) in [4.78, 5) is 12.1. The number of carbonyl (C=O) groups excluding carboxylic acids is 1. The highest BCUT2D eigenvalue weighted by molar-refractivity contribution is 6.32. The third kappa shape index (κ3) is 5.75. The van der Waals surface area contributed by atoms with Crippen LogP contribution < -0.4 is 14.9 Å². The molecule has 154 valence electrons. The lowest BCUT2D eigenvalue weighted by Crippen LogP contribution is -2.17. The predicted molar refractivity (Wildman–Crippen MR) is 120 cm³/mol. The van der Waals surface area contributed by atoms with Crippen molar-refractivity contribution >= 4 is 35.3 Å². The number of nitrogens with zero attached hydrogens (tertiary/aromatic N) is 1. The molecule has 0 unspecified atom stereocenters. The largest absolute Gasteiger partial charge is 0.493 e. The Labute approximate surface area is 185 Å². The molecule has 0 saturated heterocycles. The van der Waals surface area contributed by atoms with Gasteiger partial charge in [0, 0.05) is 10.6 Å². The molecule has 0 spiro atoms. The van der Waals surface area contributed by atoms with Gasteiger partial charge in [-0.2, -0.15) is 5.10 Å². The predicted octanol–water partition coefficient (Wildman–Crippen LogP) is 5.65. The van der Waals surface area contributed by atoms with Crippen molar-refractivity contribution in [2.75, 3.05) is 7.11 Å². The number of rotatable bonds is 7. The summed E-state index contributed by atoms with van der Waals surface area (Å²) in [5, 5.41) is 4.91. The number of nitrogens with one attached hydrogen (secondary N) is 1. The first-order valence-electron chi connectivity index (χ1n) is 9.11. The fourth-order valence-corrected chi connectivity index (χ4v) is 3.03. The van der Waals surface area contributed by atoms with Gasteiger partial charge in [-0.1, -0.05) is 53.0 Å². The number of benzene rings is 3. The zero-order valence-corrected chi connectivity index (χ0v) is 18.0. The maximum absolute atomic E-state index is 12.1. The van der Waals surface area contributed by atoms with Crippen molar-refractivity contribution in [1.29, 1.82) is 0 Å². The van der Waals surface area contributed by atoms with Crippen molar-refractivity contribution in [2.24, 2.45) is 5.10 Å². The molecule has 1 N–H and O–H groups in total. The molecule has 0 heterocycles. The van der Waals surface area contributed by atoms with Gasteiger partial charge in [0.25, 0.3) is 5.91 Å². The molecule has 5 nitrogen and oxygen atoms in total. The van der Waals surface area contributed by atoms with Gasteiger partial charge in [0.15, 0.2) is 11.5 Å². The number of methoxy groups -OCH3 is 1. The van der Waals surface area contributed by atoms with Crippen molar-refractivity contribution in [1.82, 2.24) is 5.43 Å². The number of halogens is 2. The average Bonchev–Trinajstić information content (AvgIpc) is 2.74. The maximum atomic E-state index is 12.1. The van der Waals surface area contributed by atoms with Gasteiger partial charge in [-0.05, 0) is 54.4 Å². The van der Waals surface area contributed by atoms with Crippen LogP contribution in [0.15, 0.2) is 65.8 Å². The quantitative estimate of drug-likeness (QED) is 0.379. The molecule has 3 aromatic carbocycles. The van der Waals surface area contributed by atoms with E-state index in [0.29, 0.717) is 39.3 Å². The fraction of sp³-hybridized carbons (Fsp3) is 0.130. The molecule has 1 amide bonds. The molecule has 0 bridgehead atoms. The van der Waals surface area contributed by atoms with Gasteiger partial charge in [0.05, 0.1) is 18.3 Å². The highest BCUT2D eigenvalue weighted by Gasteiger charge is 2.12. The lowest BCUT2D eigenvalue weighted by atomic mass is 10.1. The van der Waals surface area contributed by atoms with Gasteiger partial charge in [-0.15, -0.1) is 0 Å². The van der Waals surface area contributed by atoms with E-state index in [1.54, 1.807) is 36.4 Å². The lowest BCUT2D eigenvalue weighted by Gasteiger charge is -2.13. The van der Waals surface area contributed by atoms with Crippen molar-refractivity contribution in [2.45, 2.75) is 13.5 Å². The SMILES string of the molecule is COc1cc(/C=N\NC(=O)c2ccc(Cl)cc2)cc(Cl)c1OCc1ccc(C)cc1. The molecule has 0 saturated carbocycles. The molecule has 3 rings (SSSR count). The zero-order chi connectivity index (χ0) is 21.5. The van der Waals surface area contributed by atoms with Crippen molar-refractivity contribution < 1.29 is 14.3 Å². The Bertz CT molecular complexity index is 1050. The molecule has 0 aliphatic carbocycles. The van der Waals surface area contributed by atoms with E-state index < -0.39 is 0 Å². The number of amides is 1.